The van der Waals surface area contributed by atoms with Gasteiger partial charge in [0.2, 0.25) is 0 Å². The van der Waals surface area contributed by atoms with E-state index in [2.05, 4.69) is 26.8 Å². The van der Waals surface area contributed by atoms with E-state index in [1.165, 1.54) is 16.7 Å². The van der Waals surface area contributed by atoms with Crippen LogP contribution in [0.15, 0.2) is 34.4 Å². The van der Waals surface area contributed by atoms with Crippen molar-refractivity contribution in [3.8, 4) is 0 Å². The molecule has 166 valence electrons. The predicted octanol–water partition coefficient (Wildman–Crippen LogP) is 2.43. The standard InChI is InChI=1S/C24H34O6/c1-13(2)15-6-8-24(3)9-7-16-17(20(15)24)5-4-14(11-25)10-19(16)30-23-22(28)21(27)18(26)12-29-23/h4-5,11,13,16,18-19,21-23,26-28H,6-10,12H2,1-3H3/t16?,18?,19?,21-,22?,23-,24?/m0/s1. The Kier molecular flexibility index (Phi) is 6.08. The zero-order chi connectivity index (χ0) is 21.6. The van der Waals surface area contributed by atoms with Crippen molar-refractivity contribution >= 4 is 6.29 Å². The number of aliphatic hydroxyl groups is 3. The number of aldehydes is 1. The van der Waals surface area contributed by atoms with E-state index < -0.39 is 24.6 Å². The van der Waals surface area contributed by atoms with Crippen LogP contribution in [0.1, 0.15) is 52.9 Å². The molecule has 0 aromatic rings. The highest BCUT2D eigenvalue weighted by Crippen LogP contribution is 2.58. The largest absolute Gasteiger partial charge is 0.388 e. The molecule has 1 saturated heterocycles. The van der Waals surface area contributed by atoms with Gasteiger partial charge in [0.25, 0.3) is 0 Å². The number of carbonyl (C=O) groups excluding carboxylic acids is 1. The van der Waals surface area contributed by atoms with Crippen LogP contribution in [-0.2, 0) is 14.3 Å². The quantitative estimate of drug-likeness (QED) is 0.607. The lowest BCUT2D eigenvalue weighted by Crippen LogP contribution is -2.55. The van der Waals surface area contributed by atoms with Gasteiger partial charge in [0.1, 0.15) is 24.6 Å². The minimum atomic E-state index is -1.33. The van der Waals surface area contributed by atoms with Crippen molar-refractivity contribution in [2.75, 3.05) is 6.61 Å². The van der Waals surface area contributed by atoms with Gasteiger partial charge in [-0.25, -0.2) is 0 Å². The fourth-order valence-corrected chi connectivity index (χ4v) is 5.76. The Hall–Kier alpha value is -1.31. The molecule has 7 atom stereocenters. The predicted molar refractivity (Wildman–Crippen MR) is 111 cm³/mol. The maximum Gasteiger partial charge on any atom is 0.186 e. The van der Waals surface area contributed by atoms with Crippen LogP contribution < -0.4 is 0 Å². The number of fused-ring (bicyclic) bond motifs is 3. The minimum Gasteiger partial charge on any atom is -0.388 e. The van der Waals surface area contributed by atoms with Crippen molar-refractivity contribution in [1.29, 1.82) is 0 Å². The van der Waals surface area contributed by atoms with Crippen molar-refractivity contribution < 1.29 is 29.6 Å². The second kappa shape index (κ2) is 8.32. The van der Waals surface area contributed by atoms with Gasteiger partial charge in [-0.15, -0.1) is 0 Å². The summed E-state index contributed by atoms with van der Waals surface area (Å²) in [4.78, 5) is 11.7. The van der Waals surface area contributed by atoms with Crippen molar-refractivity contribution in [1.82, 2.24) is 0 Å². The van der Waals surface area contributed by atoms with Gasteiger partial charge in [-0.1, -0.05) is 38.5 Å². The Labute approximate surface area is 178 Å². The van der Waals surface area contributed by atoms with Crippen LogP contribution in [0.3, 0.4) is 0 Å². The number of ether oxygens (including phenoxy) is 2. The van der Waals surface area contributed by atoms with E-state index in [0.29, 0.717) is 17.9 Å². The summed E-state index contributed by atoms with van der Waals surface area (Å²) in [5.74, 6) is 0.562. The molecule has 0 aromatic carbocycles. The lowest BCUT2D eigenvalue weighted by atomic mass is 9.64. The van der Waals surface area contributed by atoms with E-state index >= 15 is 0 Å². The smallest absolute Gasteiger partial charge is 0.186 e. The fraction of sp³-hybridized carbons (Fsp3) is 0.708. The minimum absolute atomic E-state index is 0.0911. The molecule has 1 heterocycles. The SMILES string of the molecule is CC(C)C1=C2C3=CC=C(C=O)CC(O[C@@H]4OCC(O)[C@H](O)C4O)C3CCC2(C)CC1. The zero-order valence-electron chi connectivity index (χ0n) is 18.1. The number of rotatable bonds is 4. The number of hydrogen-bond acceptors (Lipinski definition) is 6. The third kappa shape index (κ3) is 3.73. The van der Waals surface area contributed by atoms with Gasteiger partial charge in [-0.05, 0) is 53.7 Å². The van der Waals surface area contributed by atoms with E-state index in [9.17, 15) is 20.1 Å². The summed E-state index contributed by atoms with van der Waals surface area (Å²) in [6.07, 6.45) is 4.42. The van der Waals surface area contributed by atoms with Gasteiger partial charge >= 0.3 is 0 Å². The number of hydrogen-bond donors (Lipinski definition) is 3. The summed E-state index contributed by atoms with van der Waals surface area (Å²) in [5, 5.41) is 30.1. The molecule has 0 amide bonds. The van der Waals surface area contributed by atoms with Gasteiger partial charge in [0, 0.05) is 12.3 Å². The third-order valence-electron chi connectivity index (χ3n) is 7.54. The molecular formula is C24H34O6. The monoisotopic (exact) mass is 418 g/mol. The molecule has 6 heteroatoms. The maximum absolute atomic E-state index is 11.7. The molecule has 1 aliphatic heterocycles. The summed E-state index contributed by atoms with van der Waals surface area (Å²) in [6.45, 7) is 6.74. The van der Waals surface area contributed by atoms with Crippen LogP contribution in [0.5, 0.6) is 0 Å². The Bertz CT molecular complexity index is 781. The Morgan fingerprint density at radius 2 is 1.97 bits per heavy atom. The Morgan fingerprint density at radius 1 is 1.20 bits per heavy atom. The van der Waals surface area contributed by atoms with Crippen molar-refractivity contribution in [2.45, 2.75) is 83.6 Å². The first-order valence-electron chi connectivity index (χ1n) is 11.2. The third-order valence-corrected chi connectivity index (χ3v) is 7.54. The topological polar surface area (TPSA) is 96.2 Å². The average Bonchev–Trinajstić information content (AvgIpc) is 2.98. The molecule has 5 unspecified atom stereocenters. The summed E-state index contributed by atoms with van der Waals surface area (Å²) >= 11 is 0. The van der Waals surface area contributed by atoms with Gasteiger partial charge in [0.15, 0.2) is 6.29 Å². The molecule has 0 bridgehead atoms. The van der Waals surface area contributed by atoms with E-state index in [0.717, 1.165) is 32.0 Å². The summed E-state index contributed by atoms with van der Waals surface area (Å²) in [7, 11) is 0. The van der Waals surface area contributed by atoms with E-state index in [4.69, 9.17) is 9.47 Å². The molecule has 4 rings (SSSR count). The molecule has 6 nitrogen and oxygen atoms in total. The maximum atomic E-state index is 11.7. The van der Waals surface area contributed by atoms with Gasteiger partial charge in [-0.3, -0.25) is 4.79 Å². The van der Waals surface area contributed by atoms with Crippen LogP contribution in [-0.4, -0.2) is 58.9 Å². The molecule has 1 saturated carbocycles. The molecule has 30 heavy (non-hydrogen) atoms. The van der Waals surface area contributed by atoms with E-state index in [-0.39, 0.29) is 24.0 Å². The summed E-state index contributed by atoms with van der Waals surface area (Å²) in [6, 6.07) is 0. The average molecular weight is 419 g/mol. The lowest BCUT2D eigenvalue weighted by Gasteiger charge is -2.44. The molecule has 0 aromatic heterocycles. The molecule has 3 aliphatic carbocycles. The van der Waals surface area contributed by atoms with Crippen LogP contribution in [0.4, 0.5) is 0 Å². The normalized spacial score (nSPS) is 41.7. The number of carbonyl (C=O) groups is 1. The van der Waals surface area contributed by atoms with Gasteiger partial charge < -0.3 is 24.8 Å². The molecular weight excluding hydrogens is 384 g/mol. The van der Waals surface area contributed by atoms with Gasteiger partial charge in [-0.2, -0.15) is 0 Å². The van der Waals surface area contributed by atoms with Crippen molar-refractivity contribution in [3.63, 3.8) is 0 Å². The second-order valence-corrected chi connectivity index (χ2v) is 9.87. The first-order chi connectivity index (χ1) is 14.2. The molecule has 2 fully saturated rings. The van der Waals surface area contributed by atoms with Crippen molar-refractivity contribution in [3.05, 3.63) is 34.4 Å². The number of aliphatic hydroxyl groups excluding tert-OH is 3. The highest BCUT2D eigenvalue weighted by Gasteiger charge is 2.48. The number of allylic oxidation sites excluding steroid dienone is 4. The zero-order valence-corrected chi connectivity index (χ0v) is 18.1. The highest BCUT2D eigenvalue weighted by molar-refractivity contribution is 5.74. The van der Waals surface area contributed by atoms with E-state index in [1.807, 2.05) is 6.08 Å². The summed E-state index contributed by atoms with van der Waals surface area (Å²) < 4.78 is 11.7. The molecule has 0 spiro atoms. The first-order valence-corrected chi connectivity index (χ1v) is 11.2. The molecule has 3 N–H and O–H groups in total. The lowest BCUT2D eigenvalue weighted by molar-refractivity contribution is -0.286. The molecule has 0 radical (unpaired) electrons. The first kappa shape index (κ1) is 21.9. The van der Waals surface area contributed by atoms with Crippen LogP contribution in [0.25, 0.3) is 0 Å². The molecule has 4 aliphatic rings. The Balaban J connectivity index is 1.67. The van der Waals surface area contributed by atoms with E-state index in [1.54, 1.807) is 0 Å². The van der Waals surface area contributed by atoms with Crippen LogP contribution in [0.2, 0.25) is 0 Å². The Morgan fingerprint density at radius 3 is 2.67 bits per heavy atom. The van der Waals surface area contributed by atoms with Crippen molar-refractivity contribution in [2.24, 2.45) is 17.3 Å². The van der Waals surface area contributed by atoms with Crippen LogP contribution in [0, 0.1) is 17.3 Å². The van der Waals surface area contributed by atoms with Crippen LogP contribution >= 0.6 is 0 Å². The highest BCUT2D eigenvalue weighted by atomic mass is 16.7. The summed E-state index contributed by atoms with van der Waals surface area (Å²) in [5.41, 5.74) is 5.00. The van der Waals surface area contributed by atoms with Gasteiger partial charge in [0.05, 0.1) is 12.7 Å². The second-order valence-electron chi connectivity index (χ2n) is 9.87. The fourth-order valence-electron chi connectivity index (χ4n) is 5.76.